The van der Waals surface area contributed by atoms with Crippen LogP contribution in [0.4, 0.5) is 0 Å². The monoisotopic (exact) mass is 548 g/mol. The molecule has 200 valence electrons. The van der Waals surface area contributed by atoms with Crippen LogP contribution in [0.2, 0.25) is 0 Å². The van der Waals surface area contributed by atoms with E-state index in [-0.39, 0.29) is 17.2 Å². The standard InChI is InChI=1S/C25H24N8O5S/c1-4-38-20-11-5-8-15(29-20)25-30-23-17(33(25)21-18(36-2)9-6-10-19(21)37-3)14-16(31-32-23)22(39(26,34)35)24-27-12-7-13-28-24/h5-14,22H,4H2,1-3H3,(H2,26,34,35). The summed E-state index contributed by atoms with van der Waals surface area (Å²) in [7, 11) is -1.18. The number of hydrogen-bond acceptors (Lipinski definition) is 11. The van der Waals surface area contributed by atoms with E-state index in [4.69, 9.17) is 24.3 Å². The molecule has 0 saturated carbocycles. The zero-order chi connectivity index (χ0) is 27.6. The topological polar surface area (TPSA) is 170 Å². The van der Waals surface area contributed by atoms with Crippen molar-refractivity contribution in [3.05, 3.63) is 72.4 Å². The zero-order valence-electron chi connectivity index (χ0n) is 21.2. The Labute approximate surface area is 223 Å². The Kier molecular flexibility index (Phi) is 7.04. The second-order valence-electron chi connectivity index (χ2n) is 8.13. The highest BCUT2D eigenvalue weighted by Crippen LogP contribution is 2.39. The number of imidazole rings is 1. The Morgan fingerprint density at radius 3 is 2.28 bits per heavy atom. The molecule has 1 aromatic carbocycles. The van der Waals surface area contributed by atoms with Crippen molar-refractivity contribution in [1.29, 1.82) is 0 Å². The highest BCUT2D eigenvalue weighted by molar-refractivity contribution is 7.89. The molecule has 0 aliphatic heterocycles. The molecule has 4 aromatic heterocycles. The van der Waals surface area contributed by atoms with E-state index in [9.17, 15) is 8.42 Å². The van der Waals surface area contributed by atoms with Gasteiger partial charge in [-0.25, -0.2) is 33.5 Å². The smallest absolute Gasteiger partial charge is 0.225 e. The summed E-state index contributed by atoms with van der Waals surface area (Å²) in [6, 6.07) is 13.7. The first kappa shape index (κ1) is 25.9. The number of methoxy groups -OCH3 is 2. The SMILES string of the molecule is CCOc1cccc(-c2nc3nnc(C(c4ncccn4)S(N)(=O)=O)cc3n2-c2c(OC)cccc2OC)n1. The number of aromatic nitrogens is 7. The first-order valence-electron chi connectivity index (χ1n) is 11.7. The molecule has 5 aromatic rings. The summed E-state index contributed by atoms with van der Waals surface area (Å²) >= 11 is 0. The van der Waals surface area contributed by atoms with Crippen LogP contribution in [-0.4, -0.2) is 63.9 Å². The van der Waals surface area contributed by atoms with Crippen LogP contribution in [0.25, 0.3) is 28.4 Å². The number of nitrogens with zero attached hydrogens (tertiary/aromatic N) is 7. The predicted molar refractivity (Wildman–Crippen MR) is 141 cm³/mol. The lowest BCUT2D eigenvalue weighted by molar-refractivity contribution is 0.327. The molecule has 0 aliphatic rings. The molecule has 0 saturated heterocycles. The van der Waals surface area contributed by atoms with Crippen molar-refractivity contribution in [3.8, 4) is 34.6 Å². The van der Waals surface area contributed by atoms with E-state index in [0.29, 0.717) is 46.7 Å². The van der Waals surface area contributed by atoms with Crippen molar-refractivity contribution in [2.24, 2.45) is 5.14 Å². The van der Waals surface area contributed by atoms with Gasteiger partial charge in [0.15, 0.2) is 16.9 Å². The molecule has 0 fully saturated rings. The van der Waals surface area contributed by atoms with Crippen LogP contribution in [0.1, 0.15) is 23.7 Å². The molecule has 13 nitrogen and oxygen atoms in total. The van der Waals surface area contributed by atoms with E-state index < -0.39 is 15.3 Å². The van der Waals surface area contributed by atoms with Crippen LogP contribution in [0.3, 0.4) is 0 Å². The Morgan fingerprint density at radius 1 is 0.949 bits per heavy atom. The maximum atomic E-state index is 12.7. The van der Waals surface area contributed by atoms with Crippen LogP contribution in [-0.2, 0) is 10.0 Å². The van der Waals surface area contributed by atoms with Crippen molar-refractivity contribution in [1.82, 2.24) is 34.7 Å². The third kappa shape index (κ3) is 4.94. The van der Waals surface area contributed by atoms with E-state index in [1.807, 2.05) is 6.92 Å². The molecular formula is C25H24N8O5S. The quantitative estimate of drug-likeness (QED) is 0.287. The van der Waals surface area contributed by atoms with Gasteiger partial charge >= 0.3 is 0 Å². The van der Waals surface area contributed by atoms with E-state index in [1.54, 1.807) is 47.0 Å². The summed E-state index contributed by atoms with van der Waals surface area (Å²) in [6.45, 7) is 2.29. The normalized spacial score (nSPS) is 12.3. The van der Waals surface area contributed by atoms with Gasteiger partial charge in [0.1, 0.15) is 22.9 Å². The number of benzene rings is 1. The van der Waals surface area contributed by atoms with Crippen LogP contribution >= 0.6 is 0 Å². The van der Waals surface area contributed by atoms with Crippen LogP contribution in [0, 0.1) is 0 Å². The molecule has 1 atom stereocenters. The molecule has 0 aliphatic carbocycles. The van der Waals surface area contributed by atoms with Crippen molar-refractivity contribution < 1.29 is 22.6 Å². The van der Waals surface area contributed by atoms with Crippen molar-refractivity contribution >= 4 is 21.2 Å². The molecule has 4 heterocycles. The first-order chi connectivity index (χ1) is 18.9. The summed E-state index contributed by atoms with van der Waals surface area (Å²) in [4.78, 5) is 17.5. The number of fused-ring (bicyclic) bond motifs is 1. The van der Waals surface area contributed by atoms with Crippen molar-refractivity contribution in [2.45, 2.75) is 12.2 Å². The number of rotatable bonds is 9. The van der Waals surface area contributed by atoms with Gasteiger partial charge in [-0.15, -0.1) is 5.10 Å². The van der Waals surface area contributed by atoms with E-state index in [2.05, 4.69) is 25.1 Å². The van der Waals surface area contributed by atoms with Gasteiger partial charge in [0.2, 0.25) is 21.6 Å². The van der Waals surface area contributed by atoms with Crippen molar-refractivity contribution in [3.63, 3.8) is 0 Å². The highest BCUT2D eigenvalue weighted by atomic mass is 32.2. The van der Waals surface area contributed by atoms with Gasteiger partial charge in [-0.3, -0.25) is 4.57 Å². The van der Waals surface area contributed by atoms with Crippen molar-refractivity contribution in [2.75, 3.05) is 20.8 Å². The van der Waals surface area contributed by atoms with Crippen LogP contribution in [0.15, 0.2) is 60.9 Å². The van der Waals surface area contributed by atoms with Gasteiger partial charge in [-0.1, -0.05) is 12.1 Å². The highest BCUT2D eigenvalue weighted by Gasteiger charge is 2.32. The summed E-state index contributed by atoms with van der Waals surface area (Å²) in [5.41, 5.74) is 1.57. The van der Waals surface area contributed by atoms with Crippen LogP contribution in [0.5, 0.6) is 17.4 Å². The number of sulfonamides is 1. The lowest BCUT2D eigenvalue weighted by Gasteiger charge is -2.17. The zero-order valence-corrected chi connectivity index (χ0v) is 22.0. The Balaban J connectivity index is 1.85. The minimum atomic E-state index is -4.24. The van der Waals surface area contributed by atoms with Gasteiger partial charge in [-0.2, -0.15) is 5.10 Å². The van der Waals surface area contributed by atoms with E-state index >= 15 is 0 Å². The summed E-state index contributed by atoms with van der Waals surface area (Å²) in [5, 5.41) is 12.5. The third-order valence-corrected chi connectivity index (χ3v) is 6.84. The predicted octanol–water partition coefficient (Wildman–Crippen LogP) is 2.46. The van der Waals surface area contributed by atoms with Gasteiger partial charge in [-0.05, 0) is 37.3 Å². The Bertz CT molecular complexity index is 1720. The van der Waals surface area contributed by atoms with Gasteiger partial charge < -0.3 is 14.2 Å². The van der Waals surface area contributed by atoms with E-state index in [0.717, 1.165) is 0 Å². The maximum absolute atomic E-state index is 12.7. The minimum Gasteiger partial charge on any atom is -0.494 e. The average Bonchev–Trinajstić information content (AvgIpc) is 3.31. The molecule has 0 amide bonds. The number of pyridine rings is 1. The number of hydrogen-bond donors (Lipinski definition) is 1. The number of primary sulfonamides is 1. The fourth-order valence-corrected chi connectivity index (χ4v) is 5.01. The number of nitrogens with two attached hydrogens (primary N) is 1. The fraction of sp³-hybridized carbons (Fsp3) is 0.200. The second-order valence-corrected chi connectivity index (χ2v) is 9.78. The Hall–Kier alpha value is -4.69. The lowest BCUT2D eigenvalue weighted by atomic mass is 10.2. The van der Waals surface area contributed by atoms with Gasteiger partial charge in [0.05, 0.1) is 32.0 Å². The maximum Gasteiger partial charge on any atom is 0.225 e. The summed E-state index contributed by atoms with van der Waals surface area (Å²) < 4.78 is 44.0. The molecular weight excluding hydrogens is 524 g/mol. The molecule has 2 N–H and O–H groups in total. The fourth-order valence-electron chi connectivity index (χ4n) is 4.14. The number of ether oxygens (including phenoxy) is 3. The lowest BCUT2D eigenvalue weighted by Crippen LogP contribution is -2.25. The first-order valence-corrected chi connectivity index (χ1v) is 13.3. The molecule has 1 unspecified atom stereocenters. The molecule has 0 radical (unpaired) electrons. The van der Waals surface area contributed by atoms with Gasteiger partial charge in [0.25, 0.3) is 0 Å². The molecule has 0 spiro atoms. The molecule has 39 heavy (non-hydrogen) atoms. The van der Waals surface area contributed by atoms with E-state index in [1.165, 1.54) is 32.7 Å². The van der Waals surface area contributed by atoms with Crippen LogP contribution < -0.4 is 19.3 Å². The minimum absolute atomic E-state index is 0.00814. The number of para-hydroxylation sites is 1. The largest absolute Gasteiger partial charge is 0.494 e. The summed E-state index contributed by atoms with van der Waals surface area (Å²) in [5.74, 6) is 1.65. The second kappa shape index (κ2) is 10.6. The molecule has 5 rings (SSSR count). The molecule has 14 heteroatoms. The van der Waals surface area contributed by atoms with Gasteiger partial charge in [0, 0.05) is 18.5 Å². The average molecular weight is 549 g/mol. The third-order valence-electron chi connectivity index (χ3n) is 5.73. The summed E-state index contributed by atoms with van der Waals surface area (Å²) in [6.07, 6.45) is 2.84. The Morgan fingerprint density at radius 2 is 1.64 bits per heavy atom. The molecule has 0 bridgehead atoms.